The average Bonchev–Trinajstić information content (AvgIpc) is 2.71. The van der Waals surface area contributed by atoms with Crippen molar-refractivity contribution in [2.75, 3.05) is 18.5 Å². The third-order valence-corrected chi connectivity index (χ3v) is 4.52. The molecule has 1 aromatic carbocycles. The number of nitrogens with one attached hydrogen (secondary N) is 2. The number of carbonyl (C=O) groups excluding carboxylic acids is 2. The van der Waals surface area contributed by atoms with E-state index < -0.39 is 6.04 Å². The van der Waals surface area contributed by atoms with Gasteiger partial charge in [-0.15, -0.1) is 0 Å². The van der Waals surface area contributed by atoms with Gasteiger partial charge in [-0.25, -0.2) is 0 Å². The topological polar surface area (TPSA) is 89.5 Å². The number of hydrogen-bond donors (Lipinski definition) is 2. The molecule has 1 aromatic heterocycles. The average molecular weight is 369 g/mol. The van der Waals surface area contributed by atoms with Gasteiger partial charge >= 0.3 is 0 Å². The van der Waals surface area contributed by atoms with Crippen LogP contribution in [0.5, 0.6) is 11.5 Å². The molecular weight excluding hydrogens is 346 g/mol. The molecule has 7 nitrogen and oxygen atoms in total. The number of rotatable bonds is 6. The van der Waals surface area contributed by atoms with Gasteiger partial charge in [0.2, 0.25) is 5.91 Å². The minimum absolute atomic E-state index is 0.0390. The molecule has 7 heteroatoms. The summed E-state index contributed by atoms with van der Waals surface area (Å²) in [6.45, 7) is 4.84. The first-order valence-corrected chi connectivity index (χ1v) is 9.00. The molecule has 0 spiro atoms. The molecule has 2 amide bonds. The SMILES string of the molecule is CCC(C)[C@H](NC(=O)c1ccc2c(c1)OCCO2)C(=O)Nc1cccnc1. The molecule has 0 bridgehead atoms. The van der Waals surface area contributed by atoms with E-state index in [4.69, 9.17) is 9.47 Å². The van der Waals surface area contributed by atoms with Crippen molar-refractivity contribution in [3.05, 3.63) is 48.3 Å². The highest BCUT2D eigenvalue weighted by atomic mass is 16.6. The zero-order valence-corrected chi connectivity index (χ0v) is 15.4. The van der Waals surface area contributed by atoms with E-state index in [1.54, 1.807) is 42.7 Å². The Morgan fingerprint density at radius 3 is 2.67 bits per heavy atom. The van der Waals surface area contributed by atoms with Crippen LogP contribution in [0, 0.1) is 5.92 Å². The van der Waals surface area contributed by atoms with Gasteiger partial charge in [-0.05, 0) is 36.2 Å². The molecule has 2 N–H and O–H groups in total. The summed E-state index contributed by atoms with van der Waals surface area (Å²) in [6, 6.07) is 7.82. The van der Waals surface area contributed by atoms with Gasteiger partial charge in [0.25, 0.3) is 5.91 Å². The maximum absolute atomic E-state index is 12.7. The molecule has 1 aliphatic heterocycles. The van der Waals surface area contributed by atoms with Gasteiger partial charge in [-0.3, -0.25) is 14.6 Å². The molecule has 0 saturated carbocycles. The highest BCUT2D eigenvalue weighted by Crippen LogP contribution is 2.30. The van der Waals surface area contributed by atoms with Crippen LogP contribution in [0.25, 0.3) is 0 Å². The van der Waals surface area contributed by atoms with E-state index in [0.29, 0.717) is 36.0 Å². The number of nitrogens with zero attached hydrogens (tertiary/aromatic N) is 1. The molecule has 1 unspecified atom stereocenters. The maximum Gasteiger partial charge on any atom is 0.252 e. The van der Waals surface area contributed by atoms with Crippen LogP contribution in [0.1, 0.15) is 30.6 Å². The number of ether oxygens (including phenoxy) is 2. The van der Waals surface area contributed by atoms with Crippen LogP contribution in [0.3, 0.4) is 0 Å². The van der Waals surface area contributed by atoms with Crippen molar-refractivity contribution in [2.24, 2.45) is 5.92 Å². The van der Waals surface area contributed by atoms with Gasteiger partial charge in [0.15, 0.2) is 11.5 Å². The zero-order chi connectivity index (χ0) is 19.2. The van der Waals surface area contributed by atoms with Crippen molar-refractivity contribution in [3.63, 3.8) is 0 Å². The van der Waals surface area contributed by atoms with Crippen LogP contribution in [-0.2, 0) is 4.79 Å². The number of fused-ring (bicyclic) bond motifs is 1. The number of amides is 2. The highest BCUT2D eigenvalue weighted by Gasteiger charge is 2.27. The number of aromatic nitrogens is 1. The Bertz CT molecular complexity index is 810. The van der Waals surface area contributed by atoms with Gasteiger partial charge in [-0.1, -0.05) is 20.3 Å². The van der Waals surface area contributed by atoms with Gasteiger partial charge in [0, 0.05) is 11.8 Å². The third kappa shape index (κ3) is 4.55. The monoisotopic (exact) mass is 369 g/mol. The van der Waals surface area contributed by atoms with Gasteiger partial charge in [-0.2, -0.15) is 0 Å². The number of carbonyl (C=O) groups is 2. The lowest BCUT2D eigenvalue weighted by Gasteiger charge is -2.24. The van der Waals surface area contributed by atoms with Crippen LogP contribution >= 0.6 is 0 Å². The summed E-state index contributed by atoms with van der Waals surface area (Å²) in [6.07, 6.45) is 3.94. The molecule has 0 saturated heterocycles. The van der Waals surface area contributed by atoms with Crippen LogP contribution in [0.15, 0.2) is 42.7 Å². The van der Waals surface area contributed by atoms with Crippen molar-refractivity contribution < 1.29 is 19.1 Å². The first kappa shape index (κ1) is 18.7. The van der Waals surface area contributed by atoms with Crippen molar-refractivity contribution in [2.45, 2.75) is 26.3 Å². The quantitative estimate of drug-likeness (QED) is 0.817. The van der Waals surface area contributed by atoms with Gasteiger partial charge < -0.3 is 20.1 Å². The number of anilines is 1. The van der Waals surface area contributed by atoms with E-state index in [1.165, 1.54) is 0 Å². The zero-order valence-electron chi connectivity index (χ0n) is 15.4. The van der Waals surface area contributed by atoms with Crippen LogP contribution in [-0.4, -0.2) is 36.1 Å². The predicted octanol–water partition coefficient (Wildman–Crippen LogP) is 2.64. The Morgan fingerprint density at radius 1 is 1.19 bits per heavy atom. The molecule has 2 aromatic rings. The summed E-state index contributed by atoms with van der Waals surface area (Å²) in [5.74, 6) is 0.504. The molecule has 1 aliphatic rings. The number of pyridine rings is 1. The lowest BCUT2D eigenvalue weighted by molar-refractivity contribution is -0.119. The fourth-order valence-electron chi connectivity index (χ4n) is 2.77. The van der Waals surface area contributed by atoms with Gasteiger partial charge in [0.05, 0.1) is 11.9 Å². The fraction of sp³-hybridized carbons (Fsp3) is 0.350. The Balaban J connectivity index is 1.74. The second kappa shape index (κ2) is 8.53. The minimum Gasteiger partial charge on any atom is -0.486 e. The molecule has 2 heterocycles. The predicted molar refractivity (Wildman–Crippen MR) is 101 cm³/mol. The van der Waals surface area contributed by atoms with Crippen molar-refractivity contribution in [1.82, 2.24) is 10.3 Å². The largest absolute Gasteiger partial charge is 0.486 e. The van der Waals surface area contributed by atoms with E-state index >= 15 is 0 Å². The molecule has 0 fully saturated rings. The fourth-order valence-corrected chi connectivity index (χ4v) is 2.77. The summed E-state index contributed by atoms with van der Waals surface area (Å²) < 4.78 is 11.0. The van der Waals surface area contributed by atoms with E-state index in [1.807, 2.05) is 13.8 Å². The van der Waals surface area contributed by atoms with Gasteiger partial charge in [0.1, 0.15) is 19.3 Å². The molecule has 27 heavy (non-hydrogen) atoms. The third-order valence-electron chi connectivity index (χ3n) is 4.52. The Morgan fingerprint density at radius 2 is 1.96 bits per heavy atom. The Labute approximate surface area is 158 Å². The standard InChI is InChI=1S/C20H23N3O4/c1-3-13(2)18(20(25)22-15-5-4-8-21-12-15)23-19(24)14-6-7-16-17(11-14)27-10-9-26-16/h4-8,11-13,18H,3,9-10H2,1-2H3,(H,22,25)(H,23,24)/t13?,18-/m0/s1. The first-order valence-electron chi connectivity index (χ1n) is 9.00. The lowest BCUT2D eigenvalue weighted by Crippen LogP contribution is -2.47. The second-order valence-corrected chi connectivity index (χ2v) is 6.43. The van der Waals surface area contributed by atoms with Crippen molar-refractivity contribution >= 4 is 17.5 Å². The van der Waals surface area contributed by atoms with E-state index in [2.05, 4.69) is 15.6 Å². The highest BCUT2D eigenvalue weighted by molar-refractivity contribution is 6.01. The molecule has 3 rings (SSSR count). The van der Waals surface area contributed by atoms with E-state index in [0.717, 1.165) is 6.42 Å². The summed E-state index contributed by atoms with van der Waals surface area (Å²) in [5, 5.41) is 5.65. The number of benzene rings is 1. The van der Waals surface area contributed by atoms with E-state index in [9.17, 15) is 9.59 Å². The smallest absolute Gasteiger partial charge is 0.252 e. The molecule has 142 valence electrons. The molecule has 2 atom stereocenters. The first-order chi connectivity index (χ1) is 13.1. The maximum atomic E-state index is 12.7. The van der Waals surface area contributed by atoms with Crippen molar-refractivity contribution in [3.8, 4) is 11.5 Å². The van der Waals surface area contributed by atoms with E-state index in [-0.39, 0.29) is 17.7 Å². The summed E-state index contributed by atoms with van der Waals surface area (Å²) in [4.78, 5) is 29.4. The Hall–Kier alpha value is -3.09. The summed E-state index contributed by atoms with van der Waals surface area (Å²) in [5.41, 5.74) is 1.01. The lowest BCUT2D eigenvalue weighted by atomic mass is 9.97. The molecule has 0 radical (unpaired) electrons. The van der Waals surface area contributed by atoms with Crippen LogP contribution < -0.4 is 20.1 Å². The number of hydrogen-bond acceptors (Lipinski definition) is 5. The summed E-state index contributed by atoms with van der Waals surface area (Å²) >= 11 is 0. The van der Waals surface area contributed by atoms with Crippen LogP contribution in [0.2, 0.25) is 0 Å². The second-order valence-electron chi connectivity index (χ2n) is 6.43. The summed E-state index contributed by atoms with van der Waals surface area (Å²) in [7, 11) is 0. The van der Waals surface area contributed by atoms with Crippen LogP contribution in [0.4, 0.5) is 5.69 Å². The molecular formula is C20H23N3O4. The normalized spacial score (nSPS) is 14.7. The minimum atomic E-state index is -0.670. The Kier molecular flexibility index (Phi) is 5.90. The molecule has 0 aliphatic carbocycles. The van der Waals surface area contributed by atoms with Crippen molar-refractivity contribution in [1.29, 1.82) is 0 Å².